The molecule has 0 saturated carbocycles. The number of aromatic nitrogens is 1. The van der Waals surface area contributed by atoms with Crippen molar-refractivity contribution in [2.24, 2.45) is 0 Å². The largest absolute Gasteiger partial charge is 0.573 e. The van der Waals surface area contributed by atoms with Crippen molar-refractivity contribution in [3.63, 3.8) is 0 Å². The SMILES string of the molecule is O=S(=O)(N[C@@H]1CNC[C@H](n2c3ccc(F)cc3c3cc(F)ccc32)[C@H]1O)c1ccc(OC(F)(F)F)cc1. The van der Waals surface area contributed by atoms with Crippen molar-refractivity contribution in [2.75, 3.05) is 13.1 Å². The predicted octanol–water partition coefficient (Wildman–Crippen LogP) is 3.82. The molecule has 2 heterocycles. The maximum Gasteiger partial charge on any atom is 0.573 e. The molecular weight excluding hydrogens is 521 g/mol. The molecule has 0 bridgehead atoms. The molecule has 13 heteroatoms. The quantitative estimate of drug-likeness (QED) is 0.334. The van der Waals surface area contributed by atoms with Crippen LogP contribution in [0.1, 0.15) is 6.04 Å². The second kappa shape index (κ2) is 9.24. The van der Waals surface area contributed by atoms with Gasteiger partial charge < -0.3 is 19.7 Å². The third-order valence-electron chi connectivity index (χ3n) is 6.26. The highest BCUT2D eigenvalue weighted by Crippen LogP contribution is 2.35. The van der Waals surface area contributed by atoms with Crippen molar-refractivity contribution in [1.29, 1.82) is 0 Å². The van der Waals surface area contributed by atoms with E-state index < -0.39 is 52.0 Å². The Morgan fingerprint density at radius 2 is 1.49 bits per heavy atom. The standard InChI is InChI=1S/C24H20F5N3O4S/c25-13-1-7-20-17(9-13)18-10-14(26)2-8-21(18)32(20)22-12-30-11-19(23(22)33)31-37(34,35)16-5-3-15(4-6-16)36-24(27,28)29/h1-10,19,22-23,30-31,33H,11-12H2/t19-,22+,23+/m1/s1. The van der Waals surface area contributed by atoms with Gasteiger partial charge in [-0.2, -0.15) is 0 Å². The lowest BCUT2D eigenvalue weighted by atomic mass is 9.99. The fraction of sp³-hybridized carbons (Fsp3) is 0.250. The van der Waals surface area contributed by atoms with Crippen LogP contribution in [-0.2, 0) is 10.0 Å². The number of piperidine rings is 1. The van der Waals surface area contributed by atoms with Crippen LogP contribution in [0.4, 0.5) is 22.0 Å². The van der Waals surface area contributed by atoms with Gasteiger partial charge in [0.05, 0.1) is 23.1 Å². The number of halogens is 5. The average Bonchev–Trinajstić information content (AvgIpc) is 3.12. The Morgan fingerprint density at radius 1 is 0.919 bits per heavy atom. The number of nitrogens with one attached hydrogen (secondary N) is 2. The molecule has 4 aromatic rings. The third-order valence-corrected chi connectivity index (χ3v) is 7.76. The van der Waals surface area contributed by atoms with Crippen LogP contribution in [0.5, 0.6) is 5.75 Å². The first kappa shape index (κ1) is 25.4. The monoisotopic (exact) mass is 541 g/mol. The van der Waals surface area contributed by atoms with Gasteiger partial charge in [-0.15, -0.1) is 13.2 Å². The van der Waals surface area contributed by atoms with Gasteiger partial charge in [-0.3, -0.25) is 0 Å². The Morgan fingerprint density at radius 3 is 2.03 bits per heavy atom. The molecule has 1 aliphatic heterocycles. The number of nitrogens with zero attached hydrogens (tertiary/aromatic N) is 1. The number of benzene rings is 3. The lowest BCUT2D eigenvalue weighted by molar-refractivity contribution is -0.274. The average molecular weight is 541 g/mol. The second-order valence-corrected chi connectivity index (χ2v) is 10.4. The molecule has 3 aromatic carbocycles. The van der Waals surface area contributed by atoms with Gasteiger partial charge in [0.15, 0.2) is 0 Å². The van der Waals surface area contributed by atoms with E-state index in [1.807, 2.05) is 0 Å². The zero-order valence-corrected chi connectivity index (χ0v) is 19.7. The van der Waals surface area contributed by atoms with Gasteiger partial charge >= 0.3 is 6.36 Å². The summed E-state index contributed by atoms with van der Waals surface area (Å²) in [6, 6.07) is 9.94. The summed E-state index contributed by atoms with van der Waals surface area (Å²) in [6.07, 6.45) is -6.19. The summed E-state index contributed by atoms with van der Waals surface area (Å²) in [5.74, 6) is -1.61. The molecule has 196 valence electrons. The zero-order valence-electron chi connectivity index (χ0n) is 18.8. The normalized spacial score (nSPS) is 21.0. The van der Waals surface area contributed by atoms with Crippen molar-refractivity contribution in [2.45, 2.75) is 29.4 Å². The van der Waals surface area contributed by atoms with E-state index in [0.717, 1.165) is 24.3 Å². The summed E-state index contributed by atoms with van der Waals surface area (Å²) in [5.41, 5.74) is 1.05. The summed E-state index contributed by atoms with van der Waals surface area (Å²) in [4.78, 5) is -0.320. The Labute approximate surface area is 207 Å². The van der Waals surface area contributed by atoms with Gasteiger partial charge in [0.1, 0.15) is 17.4 Å². The fourth-order valence-corrected chi connectivity index (χ4v) is 5.95. The van der Waals surface area contributed by atoms with Crippen molar-refractivity contribution in [3.05, 3.63) is 72.3 Å². The number of aliphatic hydroxyl groups excluding tert-OH is 1. The Bertz CT molecular complexity index is 1510. The van der Waals surface area contributed by atoms with Crippen molar-refractivity contribution in [1.82, 2.24) is 14.6 Å². The maximum atomic E-state index is 14.0. The molecule has 1 saturated heterocycles. The summed E-state index contributed by atoms with van der Waals surface area (Å²) < 4.78 is 98.9. The molecule has 37 heavy (non-hydrogen) atoms. The minimum atomic E-state index is -4.92. The molecule has 0 amide bonds. The first-order valence-electron chi connectivity index (χ1n) is 11.1. The van der Waals surface area contributed by atoms with Gasteiger partial charge in [-0.05, 0) is 60.7 Å². The first-order valence-corrected chi connectivity index (χ1v) is 12.6. The van der Waals surface area contributed by atoms with E-state index in [9.17, 15) is 35.5 Å². The maximum absolute atomic E-state index is 14.0. The summed E-state index contributed by atoms with van der Waals surface area (Å²) in [7, 11) is -4.24. The second-order valence-electron chi connectivity index (χ2n) is 8.66. The number of aliphatic hydroxyl groups is 1. The molecule has 7 nitrogen and oxygen atoms in total. The van der Waals surface area contributed by atoms with Crippen LogP contribution >= 0.6 is 0 Å². The van der Waals surface area contributed by atoms with Crippen LogP contribution in [0.2, 0.25) is 0 Å². The topological polar surface area (TPSA) is 92.6 Å². The fourth-order valence-electron chi connectivity index (χ4n) is 4.69. The van der Waals surface area contributed by atoms with E-state index in [0.29, 0.717) is 21.8 Å². The van der Waals surface area contributed by atoms with Gasteiger partial charge in [-0.1, -0.05) is 0 Å². The van der Waals surface area contributed by atoms with E-state index in [1.54, 1.807) is 4.57 Å². The Hall–Kier alpha value is -3.26. The van der Waals surface area contributed by atoms with Crippen molar-refractivity contribution < 1.29 is 40.2 Å². The molecule has 0 unspecified atom stereocenters. The minimum absolute atomic E-state index is 0.0621. The van der Waals surface area contributed by atoms with Crippen LogP contribution < -0.4 is 14.8 Å². The van der Waals surface area contributed by atoms with E-state index >= 15 is 0 Å². The van der Waals surface area contributed by atoms with Crippen molar-refractivity contribution >= 4 is 31.8 Å². The predicted molar refractivity (Wildman–Crippen MR) is 125 cm³/mol. The molecule has 1 aliphatic rings. The third kappa shape index (κ3) is 4.99. The number of rotatable bonds is 5. The molecule has 0 aliphatic carbocycles. The van der Waals surface area contributed by atoms with Crippen LogP contribution in [0.3, 0.4) is 0 Å². The molecule has 1 aromatic heterocycles. The lowest BCUT2D eigenvalue weighted by Gasteiger charge is -2.37. The zero-order chi connectivity index (χ0) is 26.5. The van der Waals surface area contributed by atoms with Crippen LogP contribution in [0, 0.1) is 11.6 Å². The van der Waals surface area contributed by atoms with Crippen LogP contribution in [0.15, 0.2) is 65.6 Å². The molecule has 1 fully saturated rings. The molecule has 0 radical (unpaired) electrons. The number of alkyl halides is 3. The van der Waals surface area contributed by atoms with Gasteiger partial charge in [0, 0.05) is 34.9 Å². The molecule has 0 spiro atoms. The lowest BCUT2D eigenvalue weighted by Crippen LogP contribution is -2.58. The summed E-state index contributed by atoms with van der Waals surface area (Å²) in [6.45, 7) is 0.295. The molecule has 5 rings (SSSR count). The number of hydrogen-bond donors (Lipinski definition) is 3. The molecule has 3 N–H and O–H groups in total. The first-order chi connectivity index (χ1) is 17.4. The van der Waals surface area contributed by atoms with E-state index in [4.69, 9.17) is 0 Å². The van der Waals surface area contributed by atoms with Gasteiger partial charge in [-0.25, -0.2) is 21.9 Å². The number of ether oxygens (including phenoxy) is 1. The van der Waals surface area contributed by atoms with Crippen LogP contribution in [0.25, 0.3) is 21.8 Å². The highest BCUT2D eigenvalue weighted by Gasteiger charge is 2.37. The van der Waals surface area contributed by atoms with E-state index in [1.165, 1.54) is 36.4 Å². The number of sulfonamides is 1. The summed E-state index contributed by atoms with van der Waals surface area (Å²) >= 11 is 0. The highest BCUT2D eigenvalue weighted by atomic mass is 32.2. The summed E-state index contributed by atoms with van der Waals surface area (Å²) in [5, 5.41) is 15.2. The van der Waals surface area contributed by atoms with Gasteiger partial charge in [0.2, 0.25) is 10.0 Å². The molecular formula is C24H20F5N3O4S. The number of hydrogen-bond acceptors (Lipinski definition) is 5. The van der Waals surface area contributed by atoms with E-state index in [2.05, 4.69) is 14.8 Å². The molecule has 3 atom stereocenters. The Balaban J connectivity index is 1.45. The van der Waals surface area contributed by atoms with Gasteiger partial charge in [0.25, 0.3) is 0 Å². The Kier molecular flexibility index (Phi) is 6.34. The smallest absolute Gasteiger partial charge is 0.406 e. The highest BCUT2D eigenvalue weighted by molar-refractivity contribution is 7.89. The van der Waals surface area contributed by atoms with Crippen molar-refractivity contribution in [3.8, 4) is 5.75 Å². The van der Waals surface area contributed by atoms with Crippen LogP contribution in [-0.4, -0.2) is 49.7 Å². The van der Waals surface area contributed by atoms with E-state index in [-0.39, 0.29) is 18.0 Å². The minimum Gasteiger partial charge on any atom is -0.406 e. The number of fused-ring (bicyclic) bond motifs is 3.